The average Bonchev–Trinajstić information content (AvgIpc) is 3.28. The number of carbonyl (C=O) groups is 2. The Kier molecular flexibility index (Phi) is 6.03. The van der Waals surface area contributed by atoms with Crippen molar-refractivity contribution in [2.75, 3.05) is 11.9 Å². The van der Waals surface area contributed by atoms with Gasteiger partial charge in [0.05, 0.1) is 16.9 Å². The molecule has 0 bridgehead atoms. The number of anilines is 1. The van der Waals surface area contributed by atoms with Gasteiger partial charge in [-0.1, -0.05) is 11.6 Å². The highest BCUT2D eigenvalue weighted by Gasteiger charge is 2.19. The third kappa shape index (κ3) is 4.48. The summed E-state index contributed by atoms with van der Waals surface area (Å²) in [5, 5.41) is 7.20. The number of nitrogens with one attached hydrogen (secondary N) is 1. The number of nitrogens with zero attached hydrogens (tertiary/aromatic N) is 4. The van der Waals surface area contributed by atoms with Gasteiger partial charge in [0, 0.05) is 22.5 Å². The molecule has 0 fully saturated rings. The molecular formula is C20H22ClN5O3. The van der Waals surface area contributed by atoms with Gasteiger partial charge in [-0.05, 0) is 52.0 Å². The van der Waals surface area contributed by atoms with Crippen LogP contribution in [-0.2, 0) is 9.53 Å². The second-order valence-electron chi connectivity index (χ2n) is 6.87. The predicted molar refractivity (Wildman–Crippen MR) is 110 cm³/mol. The third-order valence-corrected chi connectivity index (χ3v) is 4.69. The van der Waals surface area contributed by atoms with E-state index in [1.54, 1.807) is 24.3 Å². The summed E-state index contributed by atoms with van der Waals surface area (Å²) < 4.78 is 8.77. The Morgan fingerprint density at radius 2 is 2.00 bits per heavy atom. The molecular weight excluding hydrogens is 394 g/mol. The number of hydrogen-bond acceptors (Lipinski definition) is 5. The fourth-order valence-electron chi connectivity index (χ4n) is 3.31. The largest absolute Gasteiger partial charge is 0.452 e. The van der Waals surface area contributed by atoms with Gasteiger partial charge in [-0.15, -0.1) is 0 Å². The summed E-state index contributed by atoms with van der Waals surface area (Å²) >= 11 is 6.04. The van der Waals surface area contributed by atoms with Crippen molar-refractivity contribution in [2.45, 2.75) is 33.7 Å². The zero-order valence-corrected chi connectivity index (χ0v) is 17.4. The molecule has 29 heavy (non-hydrogen) atoms. The van der Waals surface area contributed by atoms with Gasteiger partial charge in [0.1, 0.15) is 12.7 Å². The highest BCUT2D eigenvalue weighted by molar-refractivity contribution is 6.31. The number of hydrogen-bond donors (Lipinski definition) is 1. The molecule has 0 spiro atoms. The lowest BCUT2D eigenvalue weighted by Crippen LogP contribution is -2.22. The van der Waals surface area contributed by atoms with E-state index in [4.69, 9.17) is 16.3 Å². The molecule has 0 aliphatic carbocycles. The zero-order valence-electron chi connectivity index (χ0n) is 16.6. The maximum absolute atomic E-state index is 12.5. The summed E-state index contributed by atoms with van der Waals surface area (Å²) in [6, 6.07) is 6.97. The Labute approximate surface area is 173 Å². The molecule has 9 heteroatoms. The average molecular weight is 416 g/mol. The summed E-state index contributed by atoms with van der Waals surface area (Å²) in [7, 11) is 0. The lowest BCUT2D eigenvalue weighted by molar-refractivity contribution is -0.119. The van der Waals surface area contributed by atoms with Gasteiger partial charge < -0.3 is 14.6 Å². The molecule has 2 aromatic heterocycles. The summed E-state index contributed by atoms with van der Waals surface area (Å²) in [6.07, 6.45) is 2.89. The number of carbonyl (C=O) groups excluding carboxylic acids is 2. The first kappa shape index (κ1) is 20.6. The van der Waals surface area contributed by atoms with Gasteiger partial charge in [-0.3, -0.25) is 4.79 Å². The van der Waals surface area contributed by atoms with Crippen molar-refractivity contribution in [3.05, 3.63) is 58.9 Å². The van der Waals surface area contributed by atoms with Crippen LogP contribution in [0.4, 0.5) is 5.69 Å². The highest BCUT2D eigenvalue weighted by Crippen LogP contribution is 2.24. The van der Waals surface area contributed by atoms with E-state index in [2.05, 4.69) is 15.4 Å². The molecule has 152 valence electrons. The summed E-state index contributed by atoms with van der Waals surface area (Å²) in [4.78, 5) is 28.7. The summed E-state index contributed by atoms with van der Waals surface area (Å²) in [5.41, 5.74) is 3.25. The number of amides is 1. The van der Waals surface area contributed by atoms with Crippen molar-refractivity contribution in [2.24, 2.45) is 0 Å². The molecule has 1 N–H and O–H groups in total. The molecule has 3 rings (SSSR count). The molecule has 1 aromatic carbocycles. The lowest BCUT2D eigenvalue weighted by Gasteiger charge is -2.13. The number of esters is 1. The van der Waals surface area contributed by atoms with Gasteiger partial charge in [0.15, 0.2) is 6.61 Å². The molecule has 0 unspecified atom stereocenters. The molecule has 0 atom stereocenters. The van der Waals surface area contributed by atoms with Crippen LogP contribution in [0.2, 0.25) is 5.02 Å². The Hall–Kier alpha value is -3.13. The van der Waals surface area contributed by atoms with E-state index in [0.717, 1.165) is 11.4 Å². The van der Waals surface area contributed by atoms with Crippen molar-refractivity contribution < 1.29 is 14.3 Å². The molecule has 1 amide bonds. The molecule has 8 nitrogen and oxygen atoms in total. The van der Waals surface area contributed by atoms with Gasteiger partial charge in [0.25, 0.3) is 5.91 Å². The molecule has 0 aliphatic rings. The standard InChI is InChI=1S/C20H22ClN5O3/c1-12(2)26-13(3)7-16(14(26)4)20(28)29-9-19(27)24-17-8-15(21)5-6-18(17)25-11-22-10-23-25/h5-8,10-12H,9H2,1-4H3,(H,24,27). The Balaban J connectivity index is 1.69. The predicted octanol–water partition coefficient (Wildman–Crippen LogP) is 3.72. The van der Waals surface area contributed by atoms with E-state index in [-0.39, 0.29) is 6.04 Å². The molecule has 0 saturated heterocycles. The van der Waals surface area contributed by atoms with E-state index >= 15 is 0 Å². The minimum Gasteiger partial charge on any atom is -0.452 e. The quantitative estimate of drug-likeness (QED) is 0.619. The van der Waals surface area contributed by atoms with Crippen LogP contribution in [-0.4, -0.2) is 37.8 Å². The summed E-state index contributed by atoms with van der Waals surface area (Å²) in [5.74, 6) is -1.03. The van der Waals surface area contributed by atoms with Crippen LogP contribution >= 0.6 is 11.6 Å². The number of benzene rings is 1. The van der Waals surface area contributed by atoms with Crippen molar-refractivity contribution in [1.29, 1.82) is 0 Å². The number of halogens is 1. The van der Waals surface area contributed by atoms with Crippen molar-refractivity contribution >= 4 is 29.2 Å². The number of rotatable bonds is 6. The molecule has 2 heterocycles. The van der Waals surface area contributed by atoms with Crippen LogP contribution in [0.3, 0.4) is 0 Å². The monoisotopic (exact) mass is 415 g/mol. The lowest BCUT2D eigenvalue weighted by atomic mass is 10.2. The first-order valence-electron chi connectivity index (χ1n) is 9.08. The van der Waals surface area contributed by atoms with Crippen molar-refractivity contribution in [3.63, 3.8) is 0 Å². The molecule has 0 radical (unpaired) electrons. The third-order valence-electron chi connectivity index (χ3n) is 4.45. The fourth-order valence-corrected chi connectivity index (χ4v) is 3.49. The second-order valence-corrected chi connectivity index (χ2v) is 7.31. The zero-order chi connectivity index (χ0) is 21.1. The van der Waals surface area contributed by atoms with E-state index < -0.39 is 18.5 Å². The number of aryl methyl sites for hydroxylation is 1. The Morgan fingerprint density at radius 3 is 2.62 bits per heavy atom. The Bertz CT molecular complexity index is 1040. The van der Waals surface area contributed by atoms with Crippen LogP contribution in [0, 0.1) is 13.8 Å². The topological polar surface area (TPSA) is 91.0 Å². The van der Waals surface area contributed by atoms with Crippen LogP contribution in [0.1, 0.15) is 41.6 Å². The maximum atomic E-state index is 12.5. The van der Waals surface area contributed by atoms with E-state index in [1.807, 2.05) is 32.3 Å². The van der Waals surface area contributed by atoms with E-state index in [1.165, 1.54) is 17.3 Å². The minimum atomic E-state index is -0.539. The minimum absolute atomic E-state index is 0.220. The van der Waals surface area contributed by atoms with Gasteiger partial charge in [-0.25, -0.2) is 14.5 Å². The molecule has 3 aromatic rings. The van der Waals surface area contributed by atoms with Crippen molar-refractivity contribution in [3.8, 4) is 5.69 Å². The normalized spacial score (nSPS) is 11.0. The highest BCUT2D eigenvalue weighted by atomic mass is 35.5. The first-order chi connectivity index (χ1) is 13.8. The fraction of sp³-hybridized carbons (Fsp3) is 0.300. The van der Waals surface area contributed by atoms with E-state index in [9.17, 15) is 9.59 Å². The van der Waals surface area contributed by atoms with Crippen LogP contribution in [0.5, 0.6) is 0 Å². The maximum Gasteiger partial charge on any atom is 0.340 e. The van der Waals surface area contributed by atoms with Crippen LogP contribution < -0.4 is 5.32 Å². The van der Waals surface area contributed by atoms with Crippen LogP contribution in [0.15, 0.2) is 36.9 Å². The second kappa shape index (κ2) is 8.48. The van der Waals surface area contributed by atoms with Crippen molar-refractivity contribution in [1.82, 2.24) is 19.3 Å². The number of ether oxygens (including phenoxy) is 1. The van der Waals surface area contributed by atoms with E-state index in [0.29, 0.717) is 22.0 Å². The van der Waals surface area contributed by atoms with Gasteiger partial charge in [-0.2, -0.15) is 5.10 Å². The molecule has 0 saturated carbocycles. The smallest absolute Gasteiger partial charge is 0.340 e. The molecule has 0 aliphatic heterocycles. The first-order valence-corrected chi connectivity index (χ1v) is 9.45. The summed E-state index contributed by atoms with van der Waals surface area (Å²) in [6.45, 7) is 7.45. The SMILES string of the molecule is Cc1cc(C(=O)OCC(=O)Nc2cc(Cl)ccc2-n2cncn2)c(C)n1C(C)C. The van der Waals surface area contributed by atoms with Crippen LogP contribution in [0.25, 0.3) is 5.69 Å². The number of aromatic nitrogens is 4. The van der Waals surface area contributed by atoms with Gasteiger partial charge >= 0.3 is 5.97 Å². The van der Waals surface area contributed by atoms with Gasteiger partial charge in [0.2, 0.25) is 0 Å². The Morgan fingerprint density at radius 1 is 1.24 bits per heavy atom.